The van der Waals surface area contributed by atoms with Crippen LogP contribution in [-0.4, -0.2) is 19.8 Å². The fourth-order valence-corrected chi connectivity index (χ4v) is 2.34. The van der Waals surface area contributed by atoms with Crippen molar-refractivity contribution in [3.05, 3.63) is 53.8 Å². The second-order valence-electron chi connectivity index (χ2n) is 4.42. The highest BCUT2D eigenvalue weighted by Crippen LogP contribution is 2.20. The second kappa shape index (κ2) is 5.50. The minimum atomic E-state index is -3.22. The fraction of sp³-hybridized carbons (Fsp3) is 0.143. The van der Waals surface area contributed by atoms with Gasteiger partial charge in [-0.1, -0.05) is 0 Å². The highest BCUT2D eigenvalue weighted by atomic mass is 32.2. The van der Waals surface area contributed by atoms with E-state index in [1.165, 1.54) is 30.3 Å². The van der Waals surface area contributed by atoms with Gasteiger partial charge in [-0.05, 0) is 42.5 Å². The lowest BCUT2D eigenvalue weighted by Gasteiger charge is -2.09. The van der Waals surface area contributed by atoms with Crippen molar-refractivity contribution in [2.24, 2.45) is 0 Å². The molecule has 0 aromatic heterocycles. The van der Waals surface area contributed by atoms with Crippen LogP contribution >= 0.6 is 0 Å². The number of hydrogen-bond acceptors (Lipinski definition) is 4. The lowest BCUT2D eigenvalue weighted by Crippen LogP contribution is -2.01. The molecule has 0 fully saturated rings. The highest BCUT2D eigenvalue weighted by Gasteiger charge is 2.07. The summed E-state index contributed by atoms with van der Waals surface area (Å²) in [7, 11) is -3.22. The SMILES string of the molecule is CS(=O)(=O)c1ccc(NCc2cc(F)ccc2O)cc1. The Morgan fingerprint density at radius 1 is 1.15 bits per heavy atom. The predicted molar refractivity (Wildman–Crippen MR) is 74.9 cm³/mol. The van der Waals surface area contributed by atoms with Crippen molar-refractivity contribution in [2.45, 2.75) is 11.4 Å². The molecular weight excluding hydrogens is 281 g/mol. The maximum atomic E-state index is 13.1. The molecule has 20 heavy (non-hydrogen) atoms. The molecule has 0 atom stereocenters. The number of nitrogens with one attached hydrogen (secondary N) is 1. The molecule has 6 heteroatoms. The molecule has 2 aromatic rings. The molecular formula is C14H14FNO3S. The van der Waals surface area contributed by atoms with Gasteiger partial charge in [-0.25, -0.2) is 12.8 Å². The molecule has 4 nitrogen and oxygen atoms in total. The van der Waals surface area contributed by atoms with Gasteiger partial charge in [0.2, 0.25) is 0 Å². The van der Waals surface area contributed by atoms with E-state index in [2.05, 4.69) is 5.32 Å². The number of phenolic OH excluding ortho intramolecular Hbond substituents is 1. The Morgan fingerprint density at radius 3 is 2.40 bits per heavy atom. The van der Waals surface area contributed by atoms with E-state index in [0.717, 1.165) is 6.26 Å². The summed E-state index contributed by atoms with van der Waals surface area (Å²) in [4.78, 5) is 0.233. The number of anilines is 1. The van der Waals surface area contributed by atoms with Gasteiger partial charge in [-0.2, -0.15) is 0 Å². The first kappa shape index (κ1) is 14.3. The van der Waals surface area contributed by atoms with Crippen LogP contribution < -0.4 is 5.32 Å². The summed E-state index contributed by atoms with van der Waals surface area (Å²) >= 11 is 0. The van der Waals surface area contributed by atoms with E-state index in [4.69, 9.17) is 0 Å². The summed E-state index contributed by atoms with van der Waals surface area (Å²) in [5, 5.41) is 12.6. The first-order valence-electron chi connectivity index (χ1n) is 5.87. The van der Waals surface area contributed by atoms with E-state index < -0.39 is 15.7 Å². The zero-order valence-corrected chi connectivity index (χ0v) is 11.6. The quantitative estimate of drug-likeness (QED) is 0.909. The van der Waals surface area contributed by atoms with Crippen molar-refractivity contribution in [2.75, 3.05) is 11.6 Å². The predicted octanol–water partition coefficient (Wildman–Crippen LogP) is 2.55. The van der Waals surface area contributed by atoms with Crippen molar-refractivity contribution in [3.8, 4) is 5.75 Å². The third-order valence-electron chi connectivity index (χ3n) is 2.81. The molecule has 0 heterocycles. The first-order chi connectivity index (χ1) is 9.36. The zero-order chi connectivity index (χ0) is 14.8. The normalized spacial score (nSPS) is 11.3. The summed E-state index contributed by atoms with van der Waals surface area (Å²) in [5.74, 6) is -0.418. The summed E-state index contributed by atoms with van der Waals surface area (Å²) < 4.78 is 35.7. The summed E-state index contributed by atoms with van der Waals surface area (Å²) in [5.41, 5.74) is 1.11. The number of benzene rings is 2. The lowest BCUT2D eigenvalue weighted by molar-refractivity contribution is 0.466. The van der Waals surface area contributed by atoms with Crippen LogP contribution in [0.5, 0.6) is 5.75 Å². The molecule has 0 unspecified atom stereocenters. The highest BCUT2D eigenvalue weighted by molar-refractivity contribution is 7.90. The molecule has 2 rings (SSSR count). The van der Waals surface area contributed by atoms with Crippen LogP contribution in [0.3, 0.4) is 0 Å². The molecule has 2 aromatic carbocycles. The van der Waals surface area contributed by atoms with Crippen molar-refractivity contribution >= 4 is 15.5 Å². The Balaban J connectivity index is 2.10. The molecule has 0 spiro atoms. The van der Waals surface area contributed by atoms with Crippen molar-refractivity contribution < 1.29 is 17.9 Å². The molecule has 0 radical (unpaired) electrons. The van der Waals surface area contributed by atoms with Gasteiger partial charge in [-0.15, -0.1) is 0 Å². The number of rotatable bonds is 4. The van der Waals surface area contributed by atoms with Crippen LogP contribution in [0.4, 0.5) is 10.1 Å². The Morgan fingerprint density at radius 2 is 1.80 bits per heavy atom. The topological polar surface area (TPSA) is 66.4 Å². The Bertz CT molecular complexity index is 712. The summed E-state index contributed by atoms with van der Waals surface area (Å²) in [6.45, 7) is 0.238. The minimum Gasteiger partial charge on any atom is -0.508 e. The average Bonchev–Trinajstić information content (AvgIpc) is 2.39. The molecule has 0 aliphatic rings. The molecule has 0 bridgehead atoms. The van der Waals surface area contributed by atoms with Crippen LogP contribution in [0.1, 0.15) is 5.56 Å². The third kappa shape index (κ3) is 3.48. The maximum Gasteiger partial charge on any atom is 0.175 e. The number of aromatic hydroxyl groups is 1. The van der Waals surface area contributed by atoms with Crippen LogP contribution in [-0.2, 0) is 16.4 Å². The van der Waals surface area contributed by atoms with E-state index in [9.17, 15) is 17.9 Å². The molecule has 106 valence electrons. The number of phenols is 1. The molecule has 0 amide bonds. The minimum absolute atomic E-state index is 0.00616. The summed E-state index contributed by atoms with van der Waals surface area (Å²) in [6, 6.07) is 9.93. The molecule has 0 saturated carbocycles. The molecule has 2 N–H and O–H groups in total. The fourth-order valence-electron chi connectivity index (χ4n) is 1.71. The summed E-state index contributed by atoms with van der Waals surface area (Å²) in [6.07, 6.45) is 1.14. The van der Waals surface area contributed by atoms with Gasteiger partial charge < -0.3 is 10.4 Å². The van der Waals surface area contributed by atoms with E-state index in [1.807, 2.05) is 0 Å². The zero-order valence-electron chi connectivity index (χ0n) is 10.8. The van der Waals surface area contributed by atoms with Crippen LogP contribution in [0.2, 0.25) is 0 Å². The van der Waals surface area contributed by atoms with Crippen LogP contribution in [0, 0.1) is 5.82 Å². The standard InChI is InChI=1S/C14H14FNO3S/c1-20(18,19)13-5-3-12(4-6-13)16-9-10-8-11(15)2-7-14(10)17/h2-8,16-17H,9H2,1H3. The number of hydrogen-bond donors (Lipinski definition) is 2. The Kier molecular flexibility index (Phi) is 3.94. The van der Waals surface area contributed by atoms with Gasteiger partial charge in [0.1, 0.15) is 11.6 Å². The molecule has 0 saturated heterocycles. The van der Waals surface area contributed by atoms with Gasteiger partial charge in [0.15, 0.2) is 9.84 Å². The van der Waals surface area contributed by atoms with Crippen molar-refractivity contribution in [1.82, 2.24) is 0 Å². The number of sulfone groups is 1. The van der Waals surface area contributed by atoms with Crippen LogP contribution in [0.15, 0.2) is 47.4 Å². The molecule has 0 aliphatic carbocycles. The van der Waals surface area contributed by atoms with E-state index >= 15 is 0 Å². The van der Waals surface area contributed by atoms with E-state index in [1.54, 1.807) is 12.1 Å². The van der Waals surface area contributed by atoms with Gasteiger partial charge in [0, 0.05) is 24.1 Å². The number of halogens is 1. The van der Waals surface area contributed by atoms with Crippen LogP contribution in [0.25, 0.3) is 0 Å². The van der Waals surface area contributed by atoms with Gasteiger partial charge >= 0.3 is 0 Å². The van der Waals surface area contributed by atoms with Gasteiger partial charge in [0.25, 0.3) is 0 Å². The monoisotopic (exact) mass is 295 g/mol. The van der Waals surface area contributed by atoms with Crippen molar-refractivity contribution in [3.63, 3.8) is 0 Å². The smallest absolute Gasteiger partial charge is 0.175 e. The third-order valence-corrected chi connectivity index (χ3v) is 3.94. The van der Waals surface area contributed by atoms with E-state index in [-0.39, 0.29) is 17.2 Å². The first-order valence-corrected chi connectivity index (χ1v) is 7.77. The lowest BCUT2D eigenvalue weighted by atomic mass is 10.2. The maximum absolute atomic E-state index is 13.1. The van der Waals surface area contributed by atoms with E-state index in [0.29, 0.717) is 11.3 Å². The molecule has 0 aliphatic heterocycles. The largest absolute Gasteiger partial charge is 0.508 e. The Hall–Kier alpha value is -2.08. The van der Waals surface area contributed by atoms with Gasteiger partial charge in [-0.3, -0.25) is 0 Å². The Labute approximate surface area is 116 Å². The van der Waals surface area contributed by atoms with Gasteiger partial charge in [0.05, 0.1) is 4.90 Å². The van der Waals surface area contributed by atoms with Crippen molar-refractivity contribution in [1.29, 1.82) is 0 Å². The average molecular weight is 295 g/mol. The second-order valence-corrected chi connectivity index (χ2v) is 6.44.